The summed E-state index contributed by atoms with van der Waals surface area (Å²) in [4.78, 5) is 36.6. The van der Waals surface area contributed by atoms with Gasteiger partial charge in [0.15, 0.2) is 11.6 Å². The van der Waals surface area contributed by atoms with E-state index in [-0.39, 0.29) is 29.3 Å². The highest BCUT2D eigenvalue weighted by atomic mass is 16.5. The fraction of sp³-hybridized carbons (Fsp3) is 0.0500. The van der Waals surface area contributed by atoms with Gasteiger partial charge >= 0.3 is 5.97 Å². The van der Waals surface area contributed by atoms with Gasteiger partial charge in [-0.05, 0) is 24.3 Å². The lowest BCUT2D eigenvalue weighted by molar-refractivity contribution is -0.114. The van der Waals surface area contributed by atoms with E-state index >= 15 is 0 Å². The second kappa shape index (κ2) is 6.87. The molecule has 1 aliphatic carbocycles. The Morgan fingerprint density at radius 2 is 1.42 bits per heavy atom. The summed E-state index contributed by atoms with van der Waals surface area (Å²) in [6, 6.07) is 17.1. The van der Waals surface area contributed by atoms with Gasteiger partial charge in [0.1, 0.15) is 5.76 Å². The molecule has 0 radical (unpaired) electrons. The SMILES string of the molecule is O=C1CC=C(OC(=O)c2ccccc2)C=C1C(=O)c1ccccc1. The van der Waals surface area contributed by atoms with Crippen molar-refractivity contribution < 1.29 is 19.1 Å². The molecule has 4 heteroatoms. The predicted octanol–water partition coefficient (Wildman–Crippen LogP) is 3.51. The van der Waals surface area contributed by atoms with Crippen LogP contribution in [-0.2, 0) is 9.53 Å². The summed E-state index contributed by atoms with van der Waals surface area (Å²) in [5.41, 5.74) is 0.854. The molecule has 0 aromatic heterocycles. The first-order valence-electron chi connectivity index (χ1n) is 7.47. The van der Waals surface area contributed by atoms with E-state index in [1.165, 1.54) is 12.2 Å². The molecule has 4 nitrogen and oxygen atoms in total. The van der Waals surface area contributed by atoms with Crippen LogP contribution >= 0.6 is 0 Å². The molecule has 0 aliphatic heterocycles. The van der Waals surface area contributed by atoms with Crippen LogP contribution in [0.2, 0.25) is 0 Å². The van der Waals surface area contributed by atoms with E-state index in [1.807, 2.05) is 0 Å². The molecule has 118 valence electrons. The molecule has 0 saturated heterocycles. The number of carbonyl (C=O) groups excluding carboxylic acids is 3. The fourth-order valence-electron chi connectivity index (χ4n) is 2.33. The molecule has 0 atom stereocenters. The number of allylic oxidation sites excluding steroid dienone is 3. The molecule has 0 N–H and O–H groups in total. The van der Waals surface area contributed by atoms with Crippen LogP contribution < -0.4 is 0 Å². The third-order valence-electron chi connectivity index (χ3n) is 3.58. The van der Waals surface area contributed by atoms with Gasteiger partial charge in [-0.1, -0.05) is 48.5 Å². The Hall–Kier alpha value is -3.27. The van der Waals surface area contributed by atoms with Crippen molar-refractivity contribution in [2.24, 2.45) is 0 Å². The van der Waals surface area contributed by atoms with Gasteiger partial charge in [-0.25, -0.2) is 4.79 Å². The Morgan fingerprint density at radius 3 is 2.04 bits per heavy atom. The number of hydrogen-bond acceptors (Lipinski definition) is 4. The van der Waals surface area contributed by atoms with Crippen molar-refractivity contribution in [3.05, 3.63) is 95.3 Å². The third kappa shape index (κ3) is 3.38. The molecular weight excluding hydrogens is 304 g/mol. The van der Waals surface area contributed by atoms with E-state index in [0.29, 0.717) is 11.1 Å². The van der Waals surface area contributed by atoms with Crippen LogP contribution in [-0.4, -0.2) is 17.5 Å². The van der Waals surface area contributed by atoms with Crippen molar-refractivity contribution in [1.82, 2.24) is 0 Å². The topological polar surface area (TPSA) is 60.4 Å². The minimum Gasteiger partial charge on any atom is -0.423 e. The predicted molar refractivity (Wildman–Crippen MR) is 88.4 cm³/mol. The number of benzene rings is 2. The Bertz CT molecular complexity index is 846. The Kier molecular flexibility index (Phi) is 4.47. The van der Waals surface area contributed by atoms with Crippen molar-refractivity contribution in [2.75, 3.05) is 0 Å². The zero-order chi connectivity index (χ0) is 16.9. The number of ketones is 2. The monoisotopic (exact) mass is 318 g/mol. The first kappa shape index (κ1) is 15.6. The zero-order valence-corrected chi connectivity index (χ0v) is 12.8. The number of carbonyl (C=O) groups is 3. The average molecular weight is 318 g/mol. The highest BCUT2D eigenvalue weighted by molar-refractivity contribution is 6.27. The summed E-state index contributed by atoms with van der Waals surface area (Å²) in [5, 5.41) is 0. The van der Waals surface area contributed by atoms with Gasteiger partial charge in [0.25, 0.3) is 0 Å². The lowest BCUT2D eigenvalue weighted by Gasteiger charge is -2.12. The highest BCUT2D eigenvalue weighted by Crippen LogP contribution is 2.20. The van der Waals surface area contributed by atoms with Crippen molar-refractivity contribution in [3.8, 4) is 0 Å². The summed E-state index contributed by atoms with van der Waals surface area (Å²) < 4.78 is 5.28. The molecule has 0 bridgehead atoms. The zero-order valence-electron chi connectivity index (χ0n) is 12.8. The molecule has 24 heavy (non-hydrogen) atoms. The van der Waals surface area contributed by atoms with Crippen LogP contribution in [0.4, 0.5) is 0 Å². The van der Waals surface area contributed by atoms with Gasteiger partial charge in [0, 0.05) is 12.0 Å². The Balaban J connectivity index is 1.81. The molecule has 3 rings (SSSR count). The van der Waals surface area contributed by atoms with Crippen LogP contribution in [0.25, 0.3) is 0 Å². The van der Waals surface area contributed by atoms with Crippen molar-refractivity contribution in [2.45, 2.75) is 6.42 Å². The molecule has 0 unspecified atom stereocenters. The van der Waals surface area contributed by atoms with Crippen molar-refractivity contribution in [3.63, 3.8) is 0 Å². The van der Waals surface area contributed by atoms with Gasteiger partial charge in [-0.2, -0.15) is 0 Å². The quantitative estimate of drug-likeness (QED) is 0.492. The van der Waals surface area contributed by atoms with Gasteiger partial charge in [0.2, 0.25) is 0 Å². The van der Waals surface area contributed by atoms with Crippen LogP contribution in [0.1, 0.15) is 27.1 Å². The van der Waals surface area contributed by atoms with Gasteiger partial charge in [-0.3, -0.25) is 9.59 Å². The highest BCUT2D eigenvalue weighted by Gasteiger charge is 2.23. The first-order valence-corrected chi connectivity index (χ1v) is 7.47. The minimum absolute atomic E-state index is 0.0274. The van der Waals surface area contributed by atoms with Crippen LogP contribution in [0.5, 0.6) is 0 Å². The Labute approximate surface area is 139 Å². The number of Topliss-reactive ketones (excluding diaryl/α,β-unsaturated/α-hetero) is 2. The molecule has 2 aromatic rings. The Morgan fingerprint density at radius 1 is 0.833 bits per heavy atom. The number of rotatable bonds is 4. The lowest BCUT2D eigenvalue weighted by atomic mass is 9.94. The second-order valence-corrected chi connectivity index (χ2v) is 5.24. The smallest absolute Gasteiger partial charge is 0.343 e. The molecule has 0 spiro atoms. The lowest BCUT2D eigenvalue weighted by Crippen LogP contribution is -2.17. The van der Waals surface area contributed by atoms with Crippen molar-refractivity contribution >= 4 is 17.5 Å². The number of esters is 1. The van der Waals surface area contributed by atoms with E-state index < -0.39 is 5.97 Å². The van der Waals surface area contributed by atoms with E-state index in [9.17, 15) is 14.4 Å². The third-order valence-corrected chi connectivity index (χ3v) is 3.58. The van der Waals surface area contributed by atoms with Crippen LogP contribution in [0.3, 0.4) is 0 Å². The molecule has 0 fully saturated rings. The molecule has 0 heterocycles. The van der Waals surface area contributed by atoms with E-state index in [1.54, 1.807) is 60.7 Å². The van der Waals surface area contributed by atoms with Crippen molar-refractivity contribution in [1.29, 1.82) is 0 Å². The summed E-state index contributed by atoms with van der Waals surface area (Å²) >= 11 is 0. The van der Waals surface area contributed by atoms with Crippen LogP contribution in [0.15, 0.2) is 84.1 Å². The standard InChI is InChI=1S/C20H14O4/c21-18-12-11-16(24-20(23)15-9-5-2-6-10-15)13-17(18)19(22)14-7-3-1-4-8-14/h1-11,13H,12H2. The number of hydrogen-bond donors (Lipinski definition) is 0. The maximum absolute atomic E-state index is 12.5. The summed E-state index contributed by atoms with van der Waals surface area (Å²) in [6.07, 6.45) is 2.87. The molecule has 0 amide bonds. The van der Waals surface area contributed by atoms with Crippen LogP contribution in [0, 0.1) is 0 Å². The average Bonchev–Trinajstić information content (AvgIpc) is 2.64. The summed E-state index contributed by atoms with van der Waals surface area (Å²) in [6.45, 7) is 0. The summed E-state index contributed by atoms with van der Waals surface area (Å²) in [7, 11) is 0. The van der Waals surface area contributed by atoms with Gasteiger partial charge < -0.3 is 4.74 Å². The second-order valence-electron chi connectivity index (χ2n) is 5.24. The number of ether oxygens (including phenoxy) is 1. The summed E-state index contributed by atoms with van der Waals surface area (Å²) in [5.74, 6) is -0.980. The van der Waals surface area contributed by atoms with E-state index in [4.69, 9.17) is 4.74 Å². The van der Waals surface area contributed by atoms with Gasteiger partial charge in [0.05, 0.1) is 11.1 Å². The molecule has 0 saturated carbocycles. The largest absolute Gasteiger partial charge is 0.423 e. The molecule has 2 aromatic carbocycles. The molecule has 1 aliphatic rings. The molecular formula is C20H14O4. The first-order chi connectivity index (χ1) is 11.6. The van der Waals surface area contributed by atoms with E-state index in [0.717, 1.165) is 0 Å². The normalized spacial score (nSPS) is 13.8. The minimum atomic E-state index is -0.529. The van der Waals surface area contributed by atoms with Gasteiger partial charge in [-0.15, -0.1) is 0 Å². The van der Waals surface area contributed by atoms with E-state index in [2.05, 4.69) is 0 Å². The maximum atomic E-state index is 12.5. The fourth-order valence-corrected chi connectivity index (χ4v) is 2.33. The maximum Gasteiger partial charge on any atom is 0.343 e.